The molecule has 0 aromatic rings. The van der Waals surface area contributed by atoms with Crippen molar-refractivity contribution in [3.8, 4) is 0 Å². The lowest BCUT2D eigenvalue weighted by molar-refractivity contribution is -0.145. The summed E-state index contributed by atoms with van der Waals surface area (Å²) in [6, 6.07) is 0.405. The standard InChI is InChI=1S/C12H26N2O2/c1-6-8-13-12(4,11(15)16)9-14(5)10(3)7-2/h10,13H,6-9H2,1-5H3,(H,15,16). The van der Waals surface area contributed by atoms with Crippen LogP contribution in [0.15, 0.2) is 0 Å². The van der Waals surface area contributed by atoms with E-state index in [1.807, 2.05) is 14.0 Å². The number of likely N-dealkylation sites (N-methyl/N-ethyl adjacent to an activating group) is 1. The highest BCUT2D eigenvalue weighted by molar-refractivity contribution is 5.78. The average molecular weight is 230 g/mol. The topological polar surface area (TPSA) is 52.6 Å². The van der Waals surface area contributed by atoms with Gasteiger partial charge in [0.15, 0.2) is 0 Å². The molecule has 2 atom stereocenters. The summed E-state index contributed by atoms with van der Waals surface area (Å²) in [6.07, 6.45) is 1.97. The van der Waals surface area contributed by atoms with E-state index < -0.39 is 11.5 Å². The van der Waals surface area contributed by atoms with Gasteiger partial charge in [0.1, 0.15) is 5.54 Å². The first-order valence-corrected chi connectivity index (χ1v) is 6.06. The van der Waals surface area contributed by atoms with Crippen LogP contribution in [0.5, 0.6) is 0 Å². The van der Waals surface area contributed by atoms with E-state index in [4.69, 9.17) is 0 Å². The molecule has 0 amide bonds. The van der Waals surface area contributed by atoms with Gasteiger partial charge < -0.3 is 15.3 Å². The van der Waals surface area contributed by atoms with Crippen LogP contribution in [0.3, 0.4) is 0 Å². The molecule has 0 radical (unpaired) electrons. The first-order chi connectivity index (χ1) is 7.37. The number of carboxylic acid groups (broad SMARTS) is 1. The van der Waals surface area contributed by atoms with Crippen LogP contribution >= 0.6 is 0 Å². The van der Waals surface area contributed by atoms with E-state index in [2.05, 4.69) is 24.1 Å². The van der Waals surface area contributed by atoms with Crippen LogP contribution in [-0.4, -0.2) is 47.7 Å². The molecule has 0 saturated heterocycles. The fraction of sp³-hybridized carbons (Fsp3) is 0.917. The zero-order chi connectivity index (χ0) is 12.8. The molecular formula is C12H26N2O2. The molecule has 0 fully saturated rings. The third-order valence-electron chi connectivity index (χ3n) is 3.15. The van der Waals surface area contributed by atoms with Crippen molar-refractivity contribution in [2.45, 2.75) is 52.1 Å². The predicted molar refractivity (Wildman–Crippen MR) is 66.7 cm³/mol. The Morgan fingerprint density at radius 3 is 2.44 bits per heavy atom. The van der Waals surface area contributed by atoms with Crippen LogP contribution in [0.25, 0.3) is 0 Å². The Hall–Kier alpha value is -0.610. The molecule has 16 heavy (non-hydrogen) atoms. The Morgan fingerprint density at radius 2 is 2.06 bits per heavy atom. The van der Waals surface area contributed by atoms with Gasteiger partial charge in [-0.3, -0.25) is 4.79 Å². The van der Waals surface area contributed by atoms with Gasteiger partial charge in [-0.25, -0.2) is 0 Å². The van der Waals surface area contributed by atoms with Crippen LogP contribution in [0.4, 0.5) is 0 Å². The van der Waals surface area contributed by atoms with Crippen molar-refractivity contribution in [2.75, 3.05) is 20.1 Å². The first kappa shape index (κ1) is 15.4. The zero-order valence-corrected chi connectivity index (χ0v) is 11.2. The smallest absolute Gasteiger partial charge is 0.324 e. The molecule has 0 aliphatic carbocycles. The lowest BCUT2D eigenvalue weighted by atomic mass is 10.0. The Morgan fingerprint density at radius 1 is 1.50 bits per heavy atom. The number of hydrogen-bond donors (Lipinski definition) is 2. The second kappa shape index (κ2) is 6.86. The van der Waals surface area contributed by atoms with E-state index in [0.29, 0.717) is 12.6 Å². The number of nitrogens with one attached hydrogen (secondary N) is 1. The van der Waals surface area contributed by atoms with Crippen molar-refractivity contribution in [1.82, 2.24) is 10.2 Å². The number of hydrogen-bond acceptors (Lipinski definition) is 3. The molecule has 0 aromatic heterocycles. The zero-order valence-electron chi connectivity index (χ0n) is 11.2. The van der Waals surface area contributed by atoms with Gasteiger partial charge in [0, 0.05) is 12.6 Å². The van der Waals surface area contributed by atoms with Crippen molar-refractivity contribution in [3.63, 3.8) is 0 Å². The molecule has 0 saturated carbocycles. The second-order valence-corrected chi connectivity index (χ2v) is 4.74. The lowest BCUT2D eigenvalue weighted by Crippen LogP contribution is -2.57. The minimum absolute atomic E-state index is 0.405. The third kappa shape index (κ3) is 4.49. The molecule has 2 N–H and O–H groups in total. The second-order valence-electron chi connectivity index (χ2n) is 4.74. The highest BCUT2D eigenvalue weighted by atomic mass is 16.4. The number of carboxylic acids is 1. The van der Waals surface area contributed by atoms with Crippen LogP contribution in [0.2, 0.25) is 0 Å². The van der Waals surface area contributed by atoms with Gasteiger partial charge >= 0.3 is 5.97 Å². The maximum absolute atomic E-state index is 11.3. The summed E-state index contributed by atoms with van der Waals surface area (Å²) in [7, 11) is 1.98. The third-order valence-corrected chi connectivity index (χ3v) is 3.15. The molecule has 0 bridgehead atoms. The SMILES string of the molecule is CCCNC(C)(CN(C)C(C)CC)C(=O)O. The molecule has 0 heterocycles. The van der Waals surface area contributed by atoms with Crippen LogP contribution < -0.4 is 5.32 Å². The van der Waals surface area contributed by atoms with Crippen LogP contribution in [0.1, 0.15) is 40.5 Å². The molecule has 96 valence electrons. The van der Waals surface area contributed by atoms with Gasteiger partial charge in [-0.15, -0.1) is 0 Å². The summed E-state index contributed by atoms with van der Waals surface area (Å²) in [5, 5.41) is 12.4. The monoisotopic (exact) mass is 230 g/mol. The van der Waals surface area contributed by atoms with Crippen molar-refractivity contribution in [1.29, 1.82) is 0 Å². The first-order valence-electron chi connectivity index (χ1n) is 6.06. The van der Waals surface area contributed by atoms with E-state index in [0.717, 1.165) is 19.4 Å². The average Bonchev–Trinajstić information content (AvgIpc) is 2.24. The molecule has 4 nitrogen and oxygen atoms in total. The van der Waals surface area contributed by atoms with E-state index in [1.165, 1.54) is 0 Å². The summed E-state index contributed by atoms with van der Waals surface area (Å²) in [5.74, 6) is -0.781. The number of nitrogens with zero attached hydrogens (tertiary/aromatic N) is 1. The Labute approximate surface area is 99.0 Å². The summed E-state index contributed by atoms with van der Waals surface area (Å²) < 4.78 is 0. The summed E-state index contributed by atoms with van der Waals surface area (Å²) >= 11 is 0. The fourth-order valence-electron chi connectivity index (χ4n) is 1.57. The maximum atomic E-state index is 11.3. The van der Waals surface area contributed by atoms with E-state index in [9.17, 15) is 9.90 Å². The lowest BCUT2D eigenvalue weighted by Gasteiger charge is -2.34. The minimum atomic E-state index is -0.853. The molecule has 2 unspecified atom stereocenters. The maximum Gasteiger partial charge on any atom is 0.324 e. The quantitative estimate of drug-likeness (QED) is 0.664. The van der Waals surface area contributed by atoms with E-state index >= 15 is 0 Å². The van der Waals surface area contributed by atoms with Gasteiger partial charge in [0.25, 0.3) is 0 Å². The molecule has 0 aromatic carbocycles. The summed E-state index contributed by atoms with van der Waals surface area (Å²) in [5.41, 5.74) is -0.853. The molecular weight excluding hydrogens is 204 g/mol. The Bertz CT molecular complexity index is 221. The molecule has 0 aliphatic rings. The van der Waals surface area contributed by atoms with Crippen molar-refractivity contribution >= 4 is 5.97 Å². The fourth-order valence-corrected chi connectivity index (χ4v) is 1.57. The number of aliphatic carboxylic acids is 1. The van der Waals surface area contributed by atoms with Crippen molar-refractivity contribution < 1.29 is 9.90 Å². The predicted octanol–water partition coefficient (Wildman–Crippen LogP) is 1.56. The Kier molecular flexibility index (Phi) is 6.60. The normalized spacial score (nSPS) is 17.1. The highest BCUT2D eigenvalue weighted by Gasteiger charge is 2.34. The van der Waals surface area contributed by atoms with Gasteiger partial charge in [-0.1, -0.05) is 13.8 Å². The summed E-state index contributed by atoms with van der Waals surface area (Å²) in [6.45, 7) is 9.27. The molecule has 0 aliphatic heterocycles. The number of carbonyl (C=O) groups is 1. The van der Waals surface area contributed by atoms with E-state index in [-0.39, 0.29) is 0 Å². The highest BCUT2D eigenvalue weighted by Crippen LogP contribution is 2.10. The van der Waals surface area contributed by atoms with Crippen molar-refractivity contribution in [3.05, 3.63) is 0 Å². The van der Waals surface area contributed by atoms with Crippen LogP contribution in [-0.2, 0) is 4.79 Å². The van der Waals surface area contributed by atoms with Gasteiger partial charge in [-0.05, 0) is 40.3 Å². The van der Waals surface area contributed by atoms with Gasteiger partial charge in [-0.2, -0.15) is 0 Å². The Balaban J connectivity index is 4.48. The summed E-state index contributed by atoms with van der Waals surface area (Å²) in [4.78, 5) is 13.4. The number of rotatable bonds is 8. The van der Waals surface area contributed by atoms with Gasteiger partial charge in [0.05, 0.1) is 0 Å². The van der Waals surface area contributed by atoms with Crippen molar-refractivity contribution in [2.24, 2.45) is 0 Å². The van der Waals surface area contributed by atoms with Crippen LogP contribution in [0, 0.1) is 0 Å². The molecule has 0 spiro atoms. The largest absolute Gasteiger partial charge is 0.480 e. The minimum Gasteiger partial charge on any atom is -0.480 e. The van der Waals surface area contributed by atoms with E-state index in [1.54, 1.807) is 6.92 Å². The van der Waals surface area contributed by atoms with Gasteiger partial charge in [0.2, 0.25) is 0 Å². The molecule has 4 heteroatoms. The molecule has 0 rings (SSSR count).